The standard InChI is InChI=1S/C16H24N2O2/c1-12-6-8-17(9-7-12)16(20)13-10-15(19)18(11-13)14-4-2-3-5-14/h13-14H,1-11H2. The molecule has 1 atom stereocenters. The fraction of sp³-hybridized carbons (Fsp3) is 0.750. The van der Waals surface area contributed by atoms with Crippen molar-refractivity contribution < 1.29 is 9.59 Å². The van der Waals surface area contributed by atoms with Gasteiger partial charge < -0.3 is 9.80 Å². The molecule has 0 radical (unpaired) electrons. The summed E-state index contributed by atoms with van der Waals surface area (Å²) >= 11 is 0. The molecule has 4 nitrogen and oxygen atoms in total. The minimum atomic E-state index is -0.102. The first-order chi connectivity index (χ1) is 9.65. The van der Waals surface area contributed by atoms with Crippen LogP contribution in [0.25, 0.3) is 0 Å². The fourth-order valence-corrected chi connectivity index (χ4v) is 3.77. The molecule has 0 aromatic carbocycles. The first-order valence-corrected chi connectivity index (χ1v) is 7.90. The lowest BCUT2D eigenvalue weighted by Gasteiger charge is -2.30. The number of piperidine rings is 1. The summed E-state index contributed by atoms with van der Waals surface area (Å²) in [6.45, 7) is 6.20. The highest BCUT2D eigenvalue weighted by molar-refractivity contribution is 5.89. The molecule has 0 aromatic rings. The van der Waals surface area contributed by atoms with Crippen molar-refractivity contribution in [2.45, 2.75) is 51.0 Å². The van der Waals surface area contributed by atoms with E-state index in [1.165, 1.54) is 18.4 Å². The molecule has 0 N–H and O–H groups in total. The van der Waals surface area contributed by atoms with E-state index in [-0.39, 0.29) is 17.7 Å². The third kappa shape index (κ3) is 2.60. The lowest BCUT2D eigenvalue weighted by Crippen LogP contribution is -2.41. The van der Waals surface area contributed by atoms with Crippen molar-refractivity contribution in [3.63, 3.8) is 0 Å². The Labute approximate surface area is 120 Å². The summed E-state index contributed by atoms with van der Waals surface area (Å²) < 4.78 is 0. The lowest BCUT2D eigenvalue weighted by atomic mass is 10.0. The van der Waals surface area contributed by atoms with Crippen LogP contribution in [-0.4, -0.2) is 47.3 Å². The highest BCUT2D eigenvalue weighted by Gasteiger charge is 2.40. The largest absolute Gasteiger partial charge is 0.342 e. The van der Waals surface area contributed by atoms with Crippen LogP contribution in [0.3, 0.4) is 0 Å². The number of carbonyl (C=O) groups is 2. The third-order valence-corrected chi connectivity index (χ3v) is 5.06. The van der Waals surface area contributed by atoms with Gasteiger partial charge in [-0.05, 0) is 25.7 Å². The third-order valence-electron chi connectivity index (χ3n) is 5.06. The number of nitrogens with zero attached hydrogens (tertiary/aromatic N) is 2. The number of likely N-dealkylation sites (tertiary alicyclic amines) is 2. The molecule has 0 spiro atoms. The summed E-state index contributed by atoms with van der Waals surface area (Å²) in [5.74, 6) is 0.275. The Kier molecular flexibility index (Phi) is 3.81. The normalized spacial score (nSPS) is 28.5. The number of carbonyl (C=O) groups excluding carboxylic acids is 2. The molecule has 3 fully saturated rings. The maximum Gasteiger partial charge on any atom is 0.228 e. The molecule has 2 amide bonds. The van der Waals surface area contributed by atoms with Crippen LogP contribution >= 0.6 is 0 Å². The summed E-state index contributed by atoms with van der Waals surface area (Å²) in [6.07, 6.45) is 6.94. The Morgan fingerprint density at radius 3 is 2.45 bits per heavy atom. The summed E-state index contributed by atoms with van der Waals surface area (Å²) in [5.41, 5.74) is 1.24. The number of rotatable bonds is 2. The highest BCUT2D eigenvalue weighted by Crippen LogP contribution is 2.30. The zero-order chi connectivity index (χ0) is 14.1. The average Bonchev–Trinajstić information content (AvgIpc) is 3.07. The monoisotopic (exact) mass is 276 g/mol. The fourth-order valence-electron chi connectivity index (χ4n) is 3.77. The Hall–Kier alpha value is -1.32. The minimum Gasteiger partial charge on any atom is -0.342 e. The van der Waals surface area contributed by atoms with Crippen LogP contribution in [0.15, 0.2) is 12.2 Å². The van der Waals surface area contributed by atoms with E-state index in [1.54, 1.807) is 0 Å². The SMILES string of the molecule is C=C1CCN(C(=O)C2CC(=O)N(C3CCCC3)C2)CC1. The van der Waals surface area contributed by atoms with Crippen LogP contribution in [0.5, 0.6) is 0 Å². The number of hydrogen-bond donors (Lipinski definition) is 0. The molecule has 110 valence electrons. The molecule has 4 heteroatoms. The maximum absolute atomic E-state index is 12.5. The van der Waals surface area contributed by atoms with Gasteiger partial charge in [-0.25, -0.2) is 0 Å². The number of amides is 2. The average molecular weight is 276 g/mol. The Morgan fingerprint density at radius 2 is 1.80 bits per heavy atom. The molecule has 3 rings (SSSR count). The smallest absolute Gasteiger partial charge is 0.228 e. The molecule has 1 aliphatic carbocycles. The zero-order valence-corrected chi connectivity index (χ0v) is 12.1. The van der Waals surface area contributed by atoms with E-state index in [9.17, 15) is 9.59 Å². The van der Waals surface area contributed by atoms with Gasteiger partial charge in [-0.3, -0.25) is 9.59 Å². The minimum absolute atomic E-state index is 0.102. The zero-order valence-electron chi connectivity index (χ0n) is 12.1. The highest BCUT2D eigenvalue weighted by atomic mass is 16.2. The molecular weight excluding hydrogens is 252 g/mol. The van der Waals surface area contributed by atoms with Crippen LogP contribution in [-0.2, 0) is 9.59 Å². The van der Waals surface area contributed by atoms with Crippen molar-refractivity contribution in [1.82, 2.24) is 9.80 Å². The predicted octanol–water partition coefficient (Wildman–Crippen LogP) is 1.96. The van der Waals surface area contributed by atoms with Crippen LogP contribution in [0.1, 0.15) is 44.9 Å². The summed E-state index contributed by atoms with van der Waals surface area (Å²) in [4.78, 5) is 28.6. The van der Waals surface area contributed by atoms with E-state index in [0.717, 1.165) is 38.8 Å². The quantitative estimate of drug-likeness (QED) is 0.723. The predicted molar refractivity (Wildman–Crippen MR) is 77.0 cm³/mol. The summed E-state index contributed by atoms with van der Waals surface area (Å²) in [6, 6.07) is 0.404. The van der Waals surface area contributed by atoms with Crippen molar-refractivity contribution in [3.05, 3.63) is 12.2 Å². The van der Waals surface area contributed by atoms with Crippen LogP contribution in [0.2, 0.25) is 0 Å². The van der Waals surface area contributed by atoms with E-state index >= 15 is 0 Å². The van der Waals surface area contributed by atoms with Gasteiger partial charge in [0.1, 0.15) is 0 Å². The van der Waals surface area contributed by atoms with Crippen LogP contribution in [0.4, 0.5) is 0 Å². The maximum atomic E-state index is 12.5. The van der Waals surface area contributed by atoms with Crippen molar-refractivity contribution in [2.75, 3.05) is 19.6 Å². The molecule has 1 unspecified atom stereocenters. The van der Waals surface area contributed by atoms with Gasteiger partial charge in [-0.15, -0.1) is 0 Å². The topological polar surface area (TPSA) is 40.6 Å². The van der Waals surface area contributed by atoms with Gasteiger partial charge in [0.2, 0.25) is 11.8 Å². The van der Waals surface area contributed by atoms with E-state index in [0.29, 0.717) is 19.0 Å². The number of hydrogen-bond acceptors (Lipinski definition) is 2. The van der Waals surface area contributed by atoms with Gasteiger partial charge in [0, 0.05) is 32.1 Å². The second-order valence-electron chi connectivity index (χ2n) is 6.46. The second-order valence-corrected chi connectivity index (χ2v) is 6.46. The van der Waals surface area contributed by atoms with E-state index < -0.39 is 0 Å². The Balaban J connectivity index is 1.59. The Morgan fingerprint density at radius 1 is 1.15 bits per heavy atom. The molecule has 2 saturated heterocycles. The van der Waals surface area contributed by atoms with Crippen LogP contribution in [0, 0.1) is 5.92 Å². The summed E-state index contributed by atoms with van der Waals surface area (Å²) in [7, 11) is 0. The molecule has 0 aromatic heterocycles. The first kappa shape index (κ1) is 13.7. The second kappa shape index (κ2) is 5.58. The van der Waals surface area contributed by atoms with Gasteiger partial charge in [-0.2, -0.15) is 0 Å². The molecule has 0 bridgehead atoms. The van der Waals surface area contributed by atoms with E-state index in [4.69, 9.17) is 0 Å². The van der Waals surface area contributed by atoms with Gasteiger partial charge in [0.05, 0.1) is 5.92 Å². The molecule has 2 aliphatic heterocycles. The van der Waals surface area contributed by atoms with Gasteiger partial charge in [0.15, 0.2) is 0 Å². The van der Waals surface area contributed by atoms with Crippen molar-refractivity contribution in [2.24, 2.45) is 5.92 Å². The van der Waals surface area contributed by atoms with E-state index in [2.05, 4.69) is 6.58 Å². The van der Waals surface area contributed by atoms with Crippen molar-refractivity contribution in [3.8, 4) is 0 Å². The first-order valence-electron chi connectivity index (χ1n) is 7.90. The van der Waals surface area contributed by atoms with E-state index in [1.807, 2.05) is 9.80 Å². The molecule has 3 aliphatic rings. The molecule has 20 heavy (non-hydrogen) atoms. The van der Waals surface area contributed by atoms with Crippen LogP contribution < -0.4 is 0 Å². The molecule has 1 saturated carbocycles. The van der Waals surface area contributed by atoms with Crippen molar-refractivity contribution in [1.29, 1.82) is 0 Å². The summed E-state index contributed by atoms with van der Waals surface area (Å²) in [5, 5.41) is 0. The molecule has 2 heterocycles. The van der Waals surface area contributed by atoms with Gasteiger partial charge in [-0.1, -0.05) is 25.0 Å². The lowest BCUT2D eigenvalue weighted by molar-refractivity contribution is -0.136. The van der Waals surface area contributed by atoms with Gasteiger partial charge >= 0.3 is 0 Å². The Bertz CT molecular complexity index is 416. The van der Waals surface area contributed by atoms with Gasteiger partial charge in [0.25, 0.3) is 0 Å². The molecular formula is C16H24N2O2. The van der Waals surface area contributed by atoms with Crippen molar-refractivity contribution >= 4 is 11.8 Å².